The first-order chi connectivity index (χ1) is 25.2. The van der Waals surface area contributed by atoms with Crippen molar-refractivity contribution in [2.45, 2.75) is 126 Å². The van der Waals surface area contributed by atoms with Gasteiger partial charge in [0.1, 0.15) is 30.1 Å². The lowest BCUT2D eigenvalue weighted by atomic mass is 9.48. The molecule has 2 saturated carbocycles. The number of unbranched alkanes of at least 4 members (excludes halogenated alkanes) is 1. The molecule has 1 aromatic carbocycles. The largest absolute Gasteiger partial charge is 0.493 e. The molecule has 1 spiro atoms. The Morgan fingerprint density at radius 3 is 2.57 bits per heavy atom. The number of nitrogens with one attached hydrogen (secondary N) is 3. The van der Waals surface area contributed by atoms with Crippen molar-refractivity contribution in [1.82, 2.24) is 20.9 Å². The van der Waals surface area contributed by atoms with Gasteiger partial charge in [0.05, 0.1) is 18.1 Å². The first-order valence-corrected chi connectivity index (χ1v) is 19.3. The van der Waals surface area contributed by atoms with Crippen LogP contribution >= 0.6 is 0 Å². The fourth-order valence-corrected chi connectivity index (χ4v) is 9.41. The van der Waals surface area contributed by atoms with Gasteiger partial charge >= 0.3 is 11.9 Å². The minimum atomic E-state index is -1.44. The molecule has 2 amide bonds. The summed E-state index contributed by atoms with van der Waals surface area (Å²) in [5.74, 6) is -1.98. The average Bonchev–Trinajstić information content (AvgIpc) is 3.86. The Bertz CT molecular complexity index is 1600. The van der Waals surface area contributed by atoms with Crippen LogP contribution in [0.3, 0.4) is 0 Å². The summed E-state index contributed by atoms with van der Waals surface area (Å²) in [6.45, 7) is 5.10. The van der Waals surface area contributed by atoms with Gasteiger partial charge in [-0.3, -0.25) is 24.1 Å². The molecule has 1 unspecified atom stereocenters. The van der Waals surface area contributed by atoms with Gasteiger partial charge < -0.3 is 40.4 Å². The van der Waals surface area contributed by atoms with Gasteiger partial charge in [-0.05, 0) is 103 Å². The number of methoxy groups -OCH3 is 1. The third-order valence-corrected chi connectivity index (χ3v) is 12.3. The lowest BCUT2D eigenvalue weighted by molar-refractivity contribution is -0.218. The number of piperidine rings is 1. The molecule has 1 saturated heterocycles. The highest BCUT2D eigenvalue weighted by molar-refractivity contribution is 5.92. The van der Waals surface area contributed by atoms with Gasteiger partial charge in [0.25, 0.3) is 0 Å². The summed E-state index contributed by atoms with van der Waals surface area (Å²) in [5, 5.41) is 29.8. The van der Waals surface area contributed by atoms with Crippen LogP contribution in [0.5, 0.6) is 11.5 Å². The van der Waals surface area contributed by atoms with Crippen molar-refractivity contribution >= 4 is 29.5 Å². The Morgan fingerprint density at radius 2 is 1.87 bits per heavy atom. The number of nitrogens with zero attached hydrogens (tertiary/aromatic N) is 1. The van der Waals surface area contributed by atoms with E-state index in [-0.39, 0.29) is 31.1 Å². The molecule has 6 rings (SSSR count). The molecule has 5 N–H and O–H groups in total. The predicted molar refractivity (Wildman–Crippen MR) is 193 cm³/mol. The van der Waals surface area contributed by atoms with E-state index in [1.54, 1.807) is 21.0 Å². The smallest absolute Gasteiger partial charge is 0.331 e. The van der Waals surface area contributed by atoms with Gasteiger partial charge in [-0.25, -0.2) is 4.79 Å². The number of carboxylic acids is 1. The van der Waals surface area contributed by atoms with Crippen LogP contribution < -0.4 is 25.4 Å². The van der Waals surface area contributed by atoms with Crippen LogP contribution in [0.15, 0.2) is 12.1 Å². The Hall–Kier alpha value is -3.75. The molecule has 0 radical (unpaired) electrons. The number of aliphatic hydroxyl groups is 1. The maximum atomic E-state index is 13.8. The number of ether oxygens (including phenoxy) is 3. The van der Waals surface area contributed by atoms with Gasteiger partial charge in [0.2, 0.25) is 11.8 Å². The Kier molecular flexibility index (Phi) is 11.4. The highest BCUT2D eigenvalue weighted by atomic mass is 16.6. The molecule has 14 heteroatoms. The second-order valence-electron chi connectivity index (χ2n) is 16.3. The summed E-state index contributed by atoms with van der Waals surface area (Å²) in [7, 11) is 3.41. The minimum absolute atomic E-state index is 0.0716. The number of carbonyl (C=O) groups excluding carboxylic acids is 4. The Morgan fingerprint density at radius 1 is 1.09 bits per heavy atom. The zero-order valence-electron chi connectivity index (χ0n) is 31.5. The summed E-state index contributed by atoms with van der Waals surface area (Å²) in [6, 6.07) is 3.92. The lowest BCUT2D eigenvalue weighted by Gasteiger charge is -2.64. The fourth-order valence-electron chi connectivity index (χ4n) is 9.41. The van der Waals surface area contributed by atoms with Crippen LogP contribution in [0.25, 0.3) is 0 Å². The summed E-state index contributed by atoms with van der Waals surface area (Å²) in [4.78, 5) is 65.9. The van der Waals surface area contributed by atoms with Crippen LogP contribution in [-0.4, -0.2) is 114 Å². The normalized spacial score (nSPS) is 27.5. The van der Waals surface area contributed by atoms with Crippen molar-refractivity contribution < 1.29 is 48.4 Å². The van der Waals surface area contributed by atoms with Crippen LogP contribution in [-0.2, 0) is 40.5 Å². The summed E-state index contributed by atoms with van der Waals surface area (Å²) >= 11 is 0. The van der Waals surface area contributed by atoms with E-state index in [1.807, 2.05) is 13.1 Å². The quantitative estimate of drug-likeness (QED) is 0.103. The molecule has 6 atom stereocenters. The van der Waals surface area contributed by atoms with Gasteiger partial charge in [0, 0.05) is 43.3 Å². The molecule has 2 heterocycles. The molecule has 5 aliphatic rings. The number of carboxylic acid groups (broad SMARTS) is 1. The number of ketones is 1. The van der Waals surface area contributed by atoms with E-state index in [9.17, 15) is 29.1 Å². The standard InChI is InChI=1S/C39H56N4O10/c1-37(2,42-30(45)13-11-26(44)19-25(7-5-6-17-40-3)35(48)41-21-31(46)47)36(49)52-28-14-15-39(50)29-20-24-10-12-27(51-4)33-32(24)38(39,34(28)53-33)16-18-43(29)22-23-8-9-23/h10,12,23,25,28-29,34,40,50H,5-9,11,13-22H2,1-4H3,(H,41,48)(H,42,45)(H,46,47)/t25-,28?,29-,34+,38+,39-/m1/s1. The Balaban J connectivity index is 1.09. The molecule has 0 aromatic heterocycles. The number of esters is 1. The number of hydrogen-bond acceptors (Lipinski definition) is 11. The maximum absolute atomic E-state index is 13.8. The fraction of sp³-hybridized carbons (Fsp3) is 0.718. The number of hydrogen-bond donors (Lipinski definition) is 5. The first kappa shape index (κ1) is 39.0. The number of rotatable bonds is 19. The van der Waals surface area contributed by atoms with Gasteiger partial charge in [0.15, 0.2) is 11.5 Å². The monoisotopic (exact) mass is 740 g/mol. The maximum Gasteiger partial charge on any atom is 0.331 e. The van der Waals surface area contributed by atoms with E-state index in [2.05, 4.69) is 26.9 Å². The van der Waals surface area contributed by atoms with E-state index in [0.717, 1.165) is 37.2 Å². The second kappa shape index (κ2) is 15.5. The van der Waals surface area contributed by atoms with Gasteiger partial charge in [-0.1, -0.05) is 12.5 Å². The van der Waals surface area contributed by atoms with Crippen molar-refractivity contribution in [3.05, 3.63) is 23.3 Å². The summed E-state index contributed by atoms with van der Waals surface area (Å²) < 4.78 is 18.6. The van der Waals surface area contributed by atoms with E-state index >= 15 is 0 Å². The van der Waals surface area contributed by atoms with Crippen LogP contribution in [0.2, 0.25) is 0 Å². The predicted octanol–water partition coefficient (Wildman–Crippen LogP) is 2.01. The molecule has 14 nitrogen and oxygen atoms in total. The molecular formula is C39H56N4O10. The summed E-state index contributed by atoms with van der Waals surface area (Å²) in [5.41, 5.74) is -1.17. The lowest BCUT2D eigenvalue weighted by Crippen LogP contribution is -2.77. The molecule has 292 valence electrons. The van der Waals surface area contributed by atoms with E-state index < -0.39 is 65.0 Å². The van der Waals surface area contributed by atoms with Crippen molar-refractivity contribution in [3.8, 4) is 11.5 Å². The van der Waals surface area contributed by atoms with E-state index in [0.29, 0.717) is 55.9 Å². The van der Waals surface area contributed by atoms with E-state index in [4.69, 9.17) is 19.3 Å². The van der Waals surface area contributed by atoms with Crippen molar-refractivity contribution in [2.75, 3.05) is 40.3 Å². The SMILES string of the molecule is CNCCCC[C@H](CC(=O)CCC(=O)NC(C)(C)C(=O)OC1CC[C@@]2(O)[C@H]3Cc4ccc(OC)c5c4[C@@]2(CCN3CC2CC2)[C@H]1O5)C(=O)NCC(=O)O. The van der Waals surface area contributed by atoms with Gasteiger partial charge in [-0.15, -0.1) is 0 Å². The highest BCUT2D eigenvalue weighted by Gasteiger charge is 2.73. The van der Waals surface area contributed by atoms with E-state index in [1.165, 1.54) is 12.8 Å². The number of benzene rings is 1. The number of likely N-dealkylation sites (tertiary alicyclic amines) is 1. The first-order valence-electron chi connectivity index (χ1n) is 19.3. The third-order valence-electron chi connectivity index (χ3n) is 12.3. The molecule has 2 aliphatic heterocycles. The van der Waals surface area contributed by atoms with Gasteiger partial charge in [-0.2, -0.15) is 0 Å². The average molecular weight is 741 g/mol. The van der Waals surface area contributed by atoms with Crippen LogP contribution in [0.1, 0.15) is 95.6 Å². The number of Topliss-reactive ketones (excluding diaryl/α,β-unsaturated/α-hetero) is 1. The second-order valence-corrected chi connectivity index (χ2v) is 16.3. The minimum Gasteiger partial charge on any atom is -0.493 e. The van der Waals surface area contributed by atoms with Crippen molar-refractivity contribution in [2.24, 2.45) is 11.8 Å². The number of amides is 2. The third kappa shape index (κ3) is 7.64. The number of aliphatic carboxylic acids is 1. The van der Waals surface area contributed by atoms with Crippen LogP contribution in [0, 0.1) is 11.8 Å². The zero-order chi connectivity index (χ0) is 38.1. The number of carbonyl (C=O) groups is 5. The Labute approximate surface area is 311 Å². The molecule has 3 fully saturated rings. The summed E-state index contributed by atoms with van der Waals surface area (Å²) in [6.07, 6.45) is 4.75. The van der Waals surface area contributed by atoms with Crippen molar-refractivity contribution in [1.29, 1.82) is 0 Å². The van der Waals surface area contributed by atoms with Crippen molar-refractivity contribution in [3.63, 3.8) is 0 Å². The molecule has 53 heavy (non-hydrogen) atoms. The topological polar surface area (TPSA) is 193 Å². The molecular weight excluding hydrogens is 684 g/mol. The molecule has 2 bridgehead atoms. The van der Waals surface area contributed by atoms with Crippen LogP contribution in [0.4, 0.5) is 0 Å². The highest BCUT2D eigenvalue weighted by Crippen LogP contribution is 2.66. The molecule has 3 aliphatic carbocycles. The zero-order valence-corrected chi connectivity index (χ0v) is 31.5. The molecule has 1 aromatic rings.